The van der Waals surface area contributed by atoms with Gasteiger partial charge in [0.1, 0.15) is 5.75 Å². The topological polar surface area (TPSA) is 40.5 Å². The van der Waals surface area contributed by atoms with Gasteiger partial charge in [0.05, 0.1) is 0 Å². The van der Waals surface area contributed by atoms with Gasteiger partial charge < -0.3 is 10.0 Å². The highest BCUT2D eigenvalue weighted by molar-refractivity contribution is 5.76. The summed E-state index contributed by atoms with van der Waals surface area (Å²) in [6.07, 6.45) is 3.54. The molecule has 0 aliphatic carbocycles. The molecule has 2 rings (SSSR count). The number of carbonyl (C=O) groups excluding carboxylic acids is 1. The van der Waals surface area contributed by atoms with Crippen molar-refractivity contribution in [1.82, 2.24) is 4.90 Å². The fraction of sp³-hybridized carbons (Fsp3) is 0.533. The molecule has 1 fully saturated rings. The van der Waals surface area contributed by atoms with Gasteiger partial charge in [0.15, 0.2) is 0 Å². The fourth-order valence-corrected chi connectivity index (χ4v) is 2.95. The molecule has 0 radical (unpaired) electrons. The SMILES string of the molecule is CCC1(c2cccc(O)c2)CCCC(=O)N(C)C1. The molecule has 1 aliphatic rings. The fourth-order valence-electron chi connectivity index (χ4n) is 2.95. The summed E-state index contributed by atoms with van der Waals surface area (Å²) in [4.78, 5) is 13.6. The number of hydrogen-bond donors (Lipinski definition) is 1. The van der Waals surface area contributed by atoms with E-state index in [1.807, 2.05) is 24.1 Å². The zero-order valence-electron chi connectivity index (χ0n) is 11.1. The first-order valence-electron chi connectivity index (χ1n) is 6.61. The largest absolute Gasteiger partial charge is 0.508 e. The van der Waals surface area contributed by atoms with Crippen LogP contribution in [0.1, 0.15) is 38.2 Å². The average Bonchev–Trinajstić information content (AvgIpc) is 2.50. The van der Waals surface area contributed by atoms with Crippen molar-refractivity contribution in [3.63, 3.8) is 0 Å². The molecule has 0 aromatic heterocycles. The zero-order chi connectivity index (χ0) is 13.2. The molecule has 1 saturated heterocycles. The highest BCUT2D eigenvalue weighted by Crippen LogP contribution is 2.37. The van der Waals surface area contributed by atoms with E-state index in [1.165, 1.54) is 0 Å². The Morgan fingerprint density at radius 1 is 1.44 bits per heavy atom. The van der Waals surface area contributed by atoms with Crippen LogP contribution in [0.2, 0.25) is 0 Å². The van der Waals surface area contributed by atoms with Gasteiger partial charge >= 0.3 is 0 Å². The summed E-state index contributed by atoms with van der Waals surface area (Å²) in [6.45, 7) is 2.90. The molecule has 0 bridgehead atoms. The summed E-state index contributed by atoms with van der Waals surface area (Å²) in [7, 11) is 1.88. The van der Waals surface area contributed by atoms with Crippen LogP contribution in [-0.2, 0) is 10.2 Å². The van der Waals surface area contributed by atoms with Crippen LogP contribution < -0.4 is 0 Å². The lowest BCUT2D eigenvalue weighted by Crippen LogP contribution is -2.39. The second-order valence-corrected chi connectivity index (χ2v) is 5.29. The Kier molecular flexibility index (Phi) is 3.60. The summed E-state index contributed by atoms with van der Waals surface area (Å²) in [5, 5.41) is 9.66. The lowest BCUT2D eigenvalue weighted by atomic mass is 9.74. The van der Waals surface area contributed by atoms with E-state index in [-0.39, 0.29) is 11.3 Å². The van der Waals surface area contributed by atoms with Crippen molar-refractivity contribution in [1.29, 1.82) is 0 Å². The predicted molar refractivity (Wildman–Crippen MR) is 71.6 cm³/mol. The summed E-state index contributed by atoms with van der Waals surface area (Å²) < 4.78 is 0. The molecule has 1 unspecified atom stereocenters. The molecule has 1 aromatic rings. The molecule has 3 nitrogen and oxygen atoms in total. The molecule has 0 spiro atoms. The third-order valence-electron chi connectivity index (χ3n) is 4.15. The Balaban J connectivity index is 2.38. The number of hydrogen-bond acceptors (Lipinski definition) is 2. The quantitative estimate of drug-likeness (QED) is 0.873. The lowest BCUT2D eigenvalue weighted by Gasteiger charge is -2.35. The number of carbonyl (C=O) groups is 1. The molecular formula is C15H21NO2. The number of phenolic OH excluding ortho intramolecular Hbond substituents is 1. The highest BCUT2D eigenvalue weighted by Gasteiger charge is 2.35. The normalized spacial score (nSPS) is 25.0. The Morgan fingerprint density at radius 2 is 2.22 bits per heavy atom. The van der Waals surface area contributed by atoms with Crippen molar-refractivity contribution >= 4 is 5.91 Å². The molecule has 1 aromatic carbocycles. The van der Waals surface area contributed by atoms with Gasteiger partial charge in [0, 0.05) is 25.4 Å². The van der Waals surface area contributed by atoms with Gasteiger partial charge in [-0.3, -0.25) is 4.79 Å². The van der Waals surface area contributed by atoms with Gasteiger partial charge in [-0.05, 0) is 37.0 Å². The molecule has 3 heteroatoms. The van der Waals surface area contributed by atoms with E-state index in [2.05, 4.69) is 13.0 Å². The first kappa shape index (κ1) is 12.9. The van der Waals surface area contributed by atoms with Gasteiger partial charge in [-0.15, -0.1) is 0 Å². The summed E-state index contributed by atoms with van der Waals surface area (Å²) >= 11 is 0. The number of amides is 1. The summed E-state index contributed by atoms with van der Waals surface area (Å²) in [6, 6.07) is 7.48. The van der Waals surface area contributed by atoms with Crippen LogP contribution in [0, 0.1) is 0 Å². The van der Waals surface area contributed by atoms with Crippen LogP contribution in [0.15, 0.2) is 24.3 Å². The van der Waals surface area contributed by atoms with Crippen molar-refractivity contribution in [3.05, 3.63) is 29.8 Å². The lowest BCUT2D eigenvalue weighted by molar-refractivity contribution is -0.129. The third kappa shape index (κ3) is 2.35. The second-order valence-electron chi connectivity index (χ2n) is 5.29. The van der Waals surface area contributed by atoms with Crippen molar-refractivity contribution in [2.75, 3.05) is 13.6 Å². The Hall–Kier alpha value is -1.51. The van der Waals surface area contributed by atoms with Crippen molar-refractivity contribution in [2.45, 2.75) is 38.0 Å². The zero-order valence-corrected chi connectivity index (χ0v) is 11.1. The molecule has 0 saturated carbocycles. The van der Waals surface area contributed by atoms with Gasteiger partial charge in [0.25, 0.3) is 0 Å². The third-order valence-corrected chi connectivity index (χ3v) is 4.15. The Labute approximate surface area is 108 Å². The summed E-state index contributed by atoms with van der Waals surface area (Å²) in [5.74, 6) is 0.532. The second kappa shape index (κ2) is 5.01. The number of aromatic hydroxyl groups is 1. The number of likely N-dealkylation sites (N-methyl/N-ethyl adjacent to an activating group) is 1. The number of likely N-dealkylation sites (tertiary alicyclic amines) is 1. The van der Waals surface area contributed by atoms with Crippen LogP contribution in [0.25, 0.3) is 0 Å². The standard InChI is InChI=1S/C15H21NO2/c1-3-15(12-6-4-7-13(17)10-12)9-5-8-14(18)16(2)11-15/h4,6-7,10,17H,3,5,8-9,11H2,1-2H3. The van der Waals surface area contributed by atoms with E-state index in [9.17, 15) is 9.90 Å². The highest BCUT2D eigenvalue weighted by atomic mass is 16.3. The van der Waals surface area contributed by atoms with Crippen LogP contribution >= 0.6 is 0 Å². The van der Waals surface area contributed by atoms with Gasteiger partial charge in [0.2, 0.25) is 5.91 Å². The van der Waals surface area contributed by atoms with Crippen LogP contribution in [0.4, 0.5) is 0 Å². The molecule has 1 aliphatic heterocycles. The van der Waals surface area contributed by atoms with Gasteiger partial charge in [-0.2, -0.15) is 0 Å². The molecule has 98 valence electrons. The molecule has 1 N–H and O–H groups in total. The first-order valence-corrected chi connectivity index (χ1v) is 6.61. The Morgan fingerprint density at radius 3 is 2.89 bits per heavy atom. The number of benzene rings is 1. The molecule has 1 heterocycles. The van der Waals surface area contributed by atoms with Crippen molar-refractivity contribution < 1.29 is 9.90 Å². The molecule has 1 atom stereocenters. The monoisotopic (exact) mass is 247 g/mol. The van der Waals surface area contributed by atoms with E-state index < -0.39 is 0 Å². The van der Waals surface area contributed by atoms with Crippen LogP contribution in [-0.4, -0.2) is 29.5 Å². The average molecular weight is 247 g/mol. The van der Waals surface area contributed by atoms with E-state index >= 15 is 0 Å². The molecule has 18 heavy (non-hydrogen) atoms. The number of phenols is 1. The van der Waals surface area contributed by atoms with Gasteiger partial charge in [-0.1, -0.05) is 19.1 Å². The minimum absolute atomic E-state index is 0.0142. The first-order chi connectivity index (χ1) is 8.57. The van der Waals surface area contributed by atoms with E-state index in [1.54, 1.807) is 6.07 Å². The maximum Gasteiger partial charge on any atom is 0.222 e. The number of nitrogens with zero attached hydrogens (tertiary/aromatic N) is 1. The minimum atomic E-state index is -0.0142. The molecular weight excluding hydrogens is 226 g/mol. The van der Waals surface area contributed by atoms with Crippen molar-refractivity contribution in [2.24, 2.45) is 0 Å². The van der Waals surface area contributed by atoms with Crippen LogP contribution in [0.5, 0.6) is 5.75 Å². The van der Waals surface area contributed by atoms with Crippen LogP contribution in [0.3, 0.4) is 0 Å². The smallest absolute Gasteiger partial charge is 0.222 e. The summed E-state index contributed by atoms with van der Waals surface area (Å²) in [5.41, 5.74) is 1.13. The minimum Gasteiger partial charge on any atom is -0.508 e. The Bertz CT molecular complexity index is 444. The predicted octanol–water partition coefficient (Wildman–Crippen LogP) is 2.68. The van der Waals surface area contributed by atoms with E-state index in [0.29, 0.717) is 12.2 Å². The molecule has 1 amide bonds. The number of rotatable bonds is 2. The van der Waals surface area contributed by atoms with E-state index in [4.69, 9.17) is 0 Å². The van der Waals surface area contributed by atoms with E-state index in [0.717, 1.165) is 31.4 Å². The maximum absolute atomic E-state index is 11.8. The van der Waals surface area contributed by atoms with Crippen molar-refractivity contribution in [3.8, 4) is 5.75 Å². The van der Waals surface area contributed by atoms with Gasteiger partial charge in [-0.25, -0.2) is 0 Å². The maximum atomic E-state index is 11.8.